The molecule has 0 spiro atoms. The van der Waals surface area contributed by atoms with Gasteiger partial charge in [-0.1, -0.05) is 0 Å². The maximum atomic E-state index is 9.52. The Bertz CT molecular complexity index is 257. The lowest BCUT2D eigenvalue weighted by molar-refractivity contribution is 0.0207. The molecule has 0 saturated carbocycles. The second kappa shape index (κ2) is 2.38. The molecule has 2 rings (SSSR count). The van der Waals surface area contributed by atoms with Crippen LogP contribution in [0.5, 0.6) is 0 Å². The van der Waals surface area contributed by atoms with Gasteiger partial charge in [0.1, 0.15) is 6.29 Å². The van der Waals surface area contributed by atoms with E-state index >= 15 is 0 Å². The van der Waals surface area contributed by atoms with Crippen LogP contribution >= 0.6 is 0 Å². The summed E-state index contributed by atoms with van der Waals surface area (Å²) in [6.45, 7) is 0. The number of nitrogens with two attached hydrogens (primary N) is 3. The summed E-state index contributed by atoms with van der Waals surface area (Å²) < 4.78 is 0. The van der Waals surface area contributed by atoms with Crippen molar-refractivity contribution in [3.05, 3.63) is 0 Å². The molecule has 0 aromatic carbocycles. The lowest BCUT2D eigenvalue weighted by Crippen LogP contribution is -2.82. The summed E-state index contributed by atoms with van der Waals surface area (Å²) in [4.78, 5) is 3.68. The van der Waals surface area contributed by atoms with E-state index in [1.165, 1.54) is 6.34 Å². The zero-order valence-corrected chi connectivity index (χ0v) is 6.86. The van der Waals surface area contributed by atoms with E-state index in [2.05, 4.69) is 20.9 Å². The van der Waals surface area contributed by atoms with Crippen LogP contribution in [0.3, 0.4) is 0 Å². The molecule has 4 atom stereocenters. The van der Waals surface area contributed by atoms with Gasteiger partial charge in [0.2, 0.25) is 0 Å². The minimum absolute atomic E-state index is 0.584. The van der Waals surface area contributed by atoms with Gasteiger partial charge in [-0.25, -0.2) is 4.99 Å². The van der Waals surface area contributed by atoms with Crippen molar-refractivity contribution < 1.29 is 5.11 Å². The number of hydrogen-bond acceptors (Lipinski definition) is 8. The molecule has 8 nitrogen and oxygen atoms in total. The van der Waals surface area contributed by atoms with Crippen LogP contribution in [0.25, 0.3) is 0 Å². The molecule has 0 bridgehead atoms. The number of nitrogens with one attached hydrogen (secondary N) is 3. The molecule has 0 amide bonds. The third-order valence-corrected chi connectivity index (χ3v) is 2.35. The van der Waals surface area contributed by atoms with Gasteiger partial charge in [0.25, 0.3) is 0 Å². The number of fused-ring (bicyclic) bond motifs is 1. The van der Waals surface area contributed by atoms with Crippen molar-refractivity contribution in [3.63, 3.8) is 0 Å². The van der Waals surface area contributed by atoms with E-state index in [1.807, 2.05) is 0 Å². The van der Waals surface area contributed by atoms with Crippen molar-refractivity contribution in [1.29, 1.82) is 0 Å². The van der Waals surface area contributed by atoms with Crippen LogP contribution in [-0.4, -0.2) is 35.4 Å². The van der Waals surface area contributed by atoms with Gasteiger partial charge in [-0.2, -0.15) is 0 Å². The highest BCUT2D eigenvalue weighted by Crippen LogP contribution is 2.22. The standard InChI is InChI=1S/C5H13N7O/c6-3-11-4(7)2(13)9-1-10-5(4,8)12-3/h1-3,11-13H,6-8H2,(H,9,10). The van der Waals surface area contributed by atoms with E-state index in [0.29, 0.717) is 0 Å². The number of aliphatic imine (C=N–C) groups is 1. The quantitative estimate of drug-likeness (QED) is 0.203. The predicted molar refractivity (Wildman–Crippen MR) is 45.7 cm³/mol. The second-order valence-electron chi connectivity index (χ2n) is 3.24. The summed E-state index contributed by atoms with van der Waals surface area (Å²) in [6.07, 6.45) is -0.429. The first kappa shape index (κ1) is 8.81. The summed E-state index contributed by atoms with van der Waals surface area (Å²) in [7, 11) is 0. The summed E-state index contributed by atoms with van der Waals surface area (Å²) in [6, 6.07) is 0. The molecule has 10 N–H and O–H groups in total. The smallest absolute Gasteiger partial charge is 0.183 e. The molecule has 0 aromatic rings. The average Bonchev–Trinajstić information content (AvgIpc) is 2.23. The predicted octanol–water partition coefficient (Wildman–Crippen LogP) is -4.36. The van der Waals surface area contributed by atoms with Crippen molar-refractivity contribution in [1.82, 2.24) is 16.0 Å². The number of hydrogen-bond donors (Lipinski definition) is 7. The van der Waals surface area contributed by atoms with Gasteiger partial charge in [0.15, 0.2) is 17.7 Å². The molecule has 13 heavy (non-hydrogen) atoms. The average molecular weight is 187 g/mol. The lowest BCUT2D eigenvalue weighted by Gasteiger charge is -2.43. The Balaban J connectivity index is 2.38. The van der Waals surface area contributed by atoms with Gasteiger partial charge >= 0.3 is 0 Å². The highest BCUT2D eigenvalue weighted by atomic mass is 16.3. The van der Waals surface area contributed by atoms with E-state index < -0.39 is 24.0 Å². The van der Waals surface area contributed by atoms with E-state index in [9.17, 15) is 5.11 Å². The number of rotatable bonds is 0. The Morgan fingerprint density at radius 2 is 2.08 bits per heavy atom. The monoisotopic (exact) mass is 187 g/mol. The van der Waals surface area contributed by atoms with E-state index in [-0.39, 0.29) is 0 Å². The fraction of sp³-hybridized carbons (Fsp3) is 0.800. The van der Waals surface area contributed by atoms with Crippen LogP contribution < -0.4 is 33.2 Å². The van der Waals surface area contributed by atoms with Gasteiger partial charge in [-0.3, -0.25) is 16.4 Å². The van der Waals surface area contributed by atoms with Crippen LogP contribution in [0.15, 0.2) is 4.99 Å². The Morgan fingerprint density at radius 1 is 1.38 bits per heavy atom. The fourth-order valence-corrected chi connectivity index (χ4v) is 1.54. The topological polar surface area (TPSA) is 147 Å². The molecule has 2 aliphatic heterocycles. The SMILES string of the molecule is NC1NC2(N)NC=NC(O)C2(N)N1. The van der Waals surface area contributed by atoms with Crippen LogP contribution in [0.4, 0.5) is 0 Å². The van der Waals surface area contributed by atoms with Crippen molar-refractivity contribution in [2.24, 2.45) is 22.2 Å². The van der Waals surface area contributed by atoms with Crippen molar-refractivity contribution in [2.75, 3.05) is 0 Å². The maximum absolute atomic E-state index is 9.52. The Morgan fingerprint density at radius 3 is 2.69 bits per heavy atom. The van der Waals surface area contributed by atoms with Crippen LogP contribution in [0.1, 0.15) is 0 Å². The summed E-state index contributed by atoms with van der Waals surface area (Å²) in [5.41, 5.74) is 15.9. The highest BCUT2D eigenvalue weighted by Gasteiger charge is 2.59. The molecular formula is C5H13N7O. The normalized spacial score (nSPS) is 54.5. The van der Waals surface area contributed by atoms with Crippen LogP contribution in [-0.2, 0) is 0 Å². The van der Waals surface area contributed by atoms with E-state index in [4.69, 9.17) is 17.2 Å². The van der Waals surface area contributed by atoms with Gasteiger partial charge < -0.3 is 21.9 Å². The molecule has 0 aromatic heterocycles. The first-order chi connectivity index (χ1) is 5.98. The lowest BCUT2D eigenvalue weighted by atomic mass is 10.0. The zero-order valence-electron chi connectivity index (χ0n) is 6.86. The number of nitrogens with zero attached hydrogens (tertiary/aromatic N) is 1. The van der Waals surface area contributed by atoms with Crippen molar-refractivity contribution in [2.45, 2.75) is 24.0 Å². The molecule has 0 radical (unpaired) electrons. The maximum Gasteiger partial charge on any atom is 0.183 e. The molecule has 2 heterocycles. The van der Waals surface area contributed by atoms with Crippen molar-refractivity contribution >= 4 is 6.34 Å². The van der Waals surface area contributed by atoms with Crippen LogP contribution in [0, 0.1) is 0 Å². The number of aliphatic hydroxyl groups excluding tert-OH is 1. The fourth-order valence-electron chi connectivity index (χ4n) is 1.54. The van der Waals surface area contributed by atoms with E-state index in [0.717, 1.165) is 0 Å². The summed E-state index contributed by atoms with van der Waals surface area (Å²) in [5.74, 6) is -1.19. The van der Waals surface area contributed by atoms with Gasteiger partial charge in [0, 0.05) is 0 Å². The molecule has 2 aliphatic rings. The largest absolute Gasteiger partial charge is 0.369 e. The zero-order chi connectivity index (χ0) is 9.69. The minimum Gasteiger partial charge on any atom is -0.369 e. The van der Waals surface area contributed by atoms with Crippen molar-refractivity contribution in [3.8, 4) is 0 Å². The Kier molecular flexibility index (Phi) is 1.61. The Labute approximate surface area is 74.5 Å². The number of aliphatic hydroxyl groups is 1. The molecule has 8 heteroatoms. The third-order valence-electron chi connectivity index (χ3n) is 2.35. The highest BCUT2D eigenvalue weighted by molar-refractivity contribution is 5.58. The molecule has 0 aliphatic carbocycles. The molecular weight excluding hydrogens is 174 g/mol. The van der Waals surface area contributed by atoms with Crippen LogP contribution in [0.2, 0.25) is 0 Å². The summed E-state index contributed by atoms with van der Waals surface area (Å²) >= 11 is 0. The molecule has 74 valence electrons. The minimum atomic E-state index is -1.30. The first-order valence-corrected chi connectivity index (χ1v) is 3.84. The molecule has 1 fully saturated rings. The second-order valence-corrected chi connectivity index (χ2v) is 3.24. The van der Waals surface area contributed by atoms with Gasteiger partial charge in [-0.15, -0.1) is 0 Å². The molecule has 4 unspecified atom stereocenters. The molecule has 1 saturated heterocycles. The summed E-state index contributed by atoms with van der Waals surface area (Å²) in [5, 5.41) is 17.7. The van der Waals surface area contributed by atoms with E-state index in [1.54, 1.807) is 0 Å². The van der Waals surface area contributed by atoms with Gasteiger partial charge in [-0.05, 0) is 0 Å². The Hall–Kier alpha value is -0.770. The van der Waals surface area contributed by atoms with Gasteiger partial charge in [0.05, 0.1) is 6.34 Å². The first-order valence-electron chi connectivity index (χ1n) is 3.84. The third kappa shape index (κ3) is 0.981.